The molecule has 20 heavy (non-hydrogen) atoms. The highest BCUT2D eigenvalue weighted by Crippen LogP contribution is 2.25. The van der Waals surface area contributed by atoms with E-state index in [-0.39, 0.29) is 17.8 Å². The van der Waals surface area contributed by atoms with Crippen molar-refractivity contribution >= 4 is 35.1 Å². The quantitative estimate of drug-likeness (QED) is 0.788. The van der Waals surface area contributed by atoms with Crippen LogP contribution in [0.25, 0.3) is 0 Å². The van der Waals surface area contributed by atoms with E-state index in [4.69, 9.17) is 27.9 Å². The smallest absolute Gasteiger partial charge is 0.310 e. The average molecular weight is 316 g/mol. The number of carbonyl (C=O) groups is 2. The minimum atomic E-state index is -0.278. The molecule has 1 heterocycles. The van der Waals surface area contributed by atoms with Crippen LogP contribution in [0.4, 0.5) is 0 Å². The van der Waals surface area contributed by atoms with Crippen LogP contribution >= 0.6 is 23.2 Å². The Kier molecular flexibility index (Phi) is 4.89. The van der Waals surface area contributed by atoms with Crippen LogP contribution in [0.2, 0.25) is 10.0 Å². The number of nitrogens with zero attached hydrogens (tertiary/aromatic N) is 1. The molecule has 1 amide bonds. The highest BCUT2D eigenvalue weighted by Gasteiger charge is 2.30. The number of benzene rings is 1. The number of hydrogen-bond donors (Lipinski definition) is 0. The second-order valence-electron chi connectivity index (χ2n) is 4.74. The van der Waals surface area contributed by atoms with Crippen molar-refractivity contribution in [1.82, 2.24) is 4.90 Å². The standard InChI is InChI=1S/C14H15Cl2NO3/c1-20-14(19)9-3-2-6-17(8-9)13(18)11-7-10(15)4-5-12(11)16/h4-5,7,9H,2-3,6,8H2,1H3. The van der Waals surface area contributed by atoms with Gasteiger partial charge in [-0.25, -0.2) is 0 Å². The normalized spacial score (nSPS) is 18.8. The maximum Gasteiger partial charge on any atom is 0.310 e. The minimum Gasteiger partial charge on any atom is -0.469 e. The summed E-state index contributed by atoms with van der Waals surface area (Å²) in [7, 11) is 1.36. The van der Waals surface area contributed by atoms with Crippen LogP contribution in [0.5, 0.6) is 0 Å². The molecule has 108 valence electrons. The molecule has 0 bridgehead atoms. The van der Waals surface area contributed by atoms with Crippen molar-refractivity contribution in [2.24, 2.45) is 5.92 Å². The van der Waals surface area contributed by atoms with E-state index in [0.29, 0.717) is 28.7 Å². The zero-order chi connectivity index (χ0) is 14.7. The number of ether oxygens (including phenoxy) is 1. The van der Waals surface area contributed by atoms with Gasteiger partial charge in [0.2, 0.25) is 0 Å². The molecule has 1 atom stereocenters. The molecule has 2 rings (SSSR count). The SMILES string of the molecule is COC(=O)C1CCCN(C(=O)c2cc(Cl)ccc2Cl)C1. The summed E-state index contributed by atoms with van der Waals surface area (Å²) in [4.78, 5) is 25.7. The van der Waals surface area contributed by atoms with Gasteiger partial charge in [-0.15, -0.1) is 0 Å². The van der Waals surface area contributed by atoms with Crippen molar-refractivity contribution in [3.05, 3.63) is 33.8 Å². The molecule has 1 aliphatic heterocycles. The van der Waals surface area contributed by atoms with Crippen LogP contribution in [-0.2, 0) is 9.53 Å². The lowest BCUT2D eigenvalue weighted by molar-refractivity contribution is -0.146. The Hall–Kier alpha value is -1.26. The predicted octanol–water partition coefficient (Wildman–Crippen LogP) is 3.02. The van der Waals surface area contributed by atoms with Gasteiger partial charge in [-0.3, -0.25) is 9.59 Å². The lowest BCUT2D eigenvalue weighted by Crippen LogP contribution is -2.42. The number of carbonyl (C=O) groups excluding carboxylic acids is 2. The summed E-state index contributed by atoms with van der Waals surface area (Å²) in [6, 6.07) is 4.78. The van der Waals surface area contributed by atoms with E-state index >= 15 is 0 Å². The molecule has 0 N–H and O–H groups in total. The molecule has 1 fully saturated rings. The molecule has 0 aromatic heterocycles. The van der Waals surface area contributed by atoms with Crippen LogP contribution in [0.1, 0.15) is 23.2 Å². The first-order valence-corrected chi connectivity index (χ1v) is 7.10. The molecule has 0 spiro atoms. The van der Waals surface area contributed by atoms with E-state index in [9.17, 15) is 9.59 Å². The van der Waals surface area contributed by atoms with E-state index in [1.807, 2.05) is 0 Å². The third-order valence-electron chi connectivity index (χ3n) is 3.40. The summed E-state index contributed by atoms with van der Waals surface area (Å²) in [5.41, 5.74) is 0.365. The average Bonchev–Trinajstić information content (AvgIpc) is 2.48. The third kappa shape index (κ3) is 3.25. The largest absolute Gasteiger partial charge is 0.469 e. The second kappa shape index (κ2) is 6.46. The van der Waals surface area contributed by atoms with E-state index in [0.717, 1.165) is 12.8 Å². The molecule has 1 aromatic carbocycles. The van der Waals surface area contributed by atoms with Gasteiger partial charge in [-0.05, 0) is 31.0 Å². The molecule has 4 nitrogen and oxygen atoms in total. The van der Waals surface area contributed by atoms with Crippen LogP contribution in [0.3, 0.4) is 0 Å². The van der Waals surface area contributed by atoms with Crippen molar-refractivity contribution in [2.75, 3.05) is 20.2 Å². The van der Waals surface area contributed by atoms with Gasteiger partial charge < -0.3 is 9.64 Å². The predicted molar refractivity (Wildman–Crippen MR) is 77.1 cm³/mol. The van der Waals surface area contributed by atoms with Gasteiger partial charge >= 0.3 is 5.97 Å². The molecule has 0 radical (unpaired) electrons. The molecule has 1 saturated heterocycles. The monoisotopic (exact) mass is 315 g/mol. The van der Waals surface area contributed by atoms with Gasteiger partial charge in [0.1, 0.15) is 0 Å². The zero-order valence-corrected chi connectivity index (χ0v) is 12.6. The Morgan fingerprint density at radius 2 is 2.10 bits per heavy atom. The van der Waals surface area contributed by atoms with Crippen LogP contribution in [0.15, 0.2) is 18.2 Å². The summed E-state index contributed by atoms with van der Waals surface area (Å²) in [5.74, 6) is -0.749. The Balaban J connectivity index is 2.16. The highest BCUT2D eigenvalue weighted by molar-refractivity contribution is 6.35. The van der Waals surface area contributed by atoms with Crippen molar-refractivity contribution in [3.63, 3.8) is 0 Å². The van der Waals surface area contributed by atoms with Gasteiger partial charge in [0.15, 0.2) is 0 Å². The van der Waals surface area contributed by atoms with Gasteiger partial charge in [-0.2, -0.15) is 0 Å². The molecule has 0 aliphatic carbocycles. The number of rotatable bonds is 2. The number of amides is 1. The first-order chi connectivity index (χ1) is 9.52. The fraction of sp³-hybridized carbons (Fsp3) is 0.429. The van der Waals surface area contributed by atoms with E-state index < -0.39 is 0 Å². The zero-order valence-electron chi connectivity index (χ0n) is 11.1. The van der Waals surface area contributed by atoms with E-state index in [1.54, 1.807) is 23.1 Å². The van der Waals surface area contributed by atoms with Crippen molar-refractivity contribution in [3.8, 4) is 0 Å². The molecule has 6 heteroatoms. The van der Waals surface area contributed by atoms with Gasteiger partial charge in [0.05, 0.1) is 23.6 Å². The number of hydrogen-bond acceptors (Lipinski definition) is 3. The summed E-state index contributed by atoms with van der Waals surface area (Å²) >= 11 is 11.9. The maximum absolute atomic E-state index is 12.5. The Morgan fingerprint density at radius 1 is 1.35 bits per heavy atom. The van der Waals surface area contributed by atoms with Crippen LogP contribution < -0.4 is 0 Å². The number of piperidine rings is 1. The van der Waals surface area contributed by atoms with Crippen LogP contribution in [-0.4, -0.2) is 37.0 Å². The van der Waals surface area contributed by atoms with Gasteiger partial charge in [0, 0.05) is 18.1 Å². The molecular weight excluding hydrogens is 301 g/mol. The van der Waals surface area contributed by atoms with Crippen LogP contribution in [0, 0.1) is 5.92 Å². The summed E-state index contributed by atoms with van der Waals surface area (Å²) in [5, 5.41) is 0.818. The van der Waals surface area contributed by atoms with Crippen molar-refractivity contribution in [2.45, 2.75) is 12.8 Å². The topological polar surface area (TPSA) is 46.6 Å². The molecule has 1 aliphatic rings. The second-order valence-corrected chi connectivity index (χ2v) is 5.58. The lowest BCUT2D eigenvalue weighted by Gasteiger charge is -2.31. The third-order valence-corrected chi connectivity index (χ3v) is 3.97. The number of likely N-dealkylation sites (tertiary alicyclic amines) is 1. The van der Waals surface area contributed by atoms with Crippen molar-refractivity contribution in [1.29, 1.82) is 0 Å². The van der Waals surface area contributed by atoms with Gasteiger partial charge in [0.25, 0.3) is 5.91 Å². The number of methoxy groups -OCH3 is 1. The lowest BCUT2D eigenvalue weighted by atomic mass is 9.97. The molecule has 1 aromatic rings. The van der Waals surface area contributed by atoms with E-state index in [1.165, 1.54) is 7.11 Å². The minimum absolute atomic E-state index is 0.203. The Labute approximate surface area is 127 Å². The number of esters is 1. The van der Waals surface area contributed by atoms with Gasteiger partial charge in [-0.1, -0.05) is 23.2 Å². The Bertz CT molecular complexity index is 533. The molecule has 0 saturated carbocycles. The first kappa shape index (κ1) is 15.1. The number of halogens is 2. The van der Waals surface area contributed by atoms with E-state index in [2.05, 4.69) is 0 Å². The molecular formula is C14H15Cl2NO3. The summed E-state index contributed by atoms with van der Waals surface area (Å²) in [6.45, 7) is 0.962. The first-order valence-electron chi connectivity index (χ1n) is 6.35. The fourth-order valence-electron chi connectivity index (χ4n) is 2.35. The molecule has 1 unspecified atom stereocenters. The summed E-state index contributed by atoms with van der Waals surface area (Å²) in [6.07, 6.45) is 1.50. The highest BCUT2D eigenvalue weighted by atomic mass is 35.5. The maximum atomic E-state index is 12.5. The summed E-state index contributed by atoms with van der Waals surface area (Å²) < 4.78 is 4.74. The Morgan fingerprint density at radius 3 is 2.80 bits per heavy atom. The van der Waals surface area contributed by atoms with Crippen molar-refractivity contribution < 1.29 is 14.3 Å². The fourth-order valence-corrected chi connectivity index (χ4v) is 2.72.